The largest absolute Gasteiger partial charge is 0.415 e. The number of hydrogen-bond donors (Lipinski definition) is 0. The van der Waals surface area contributed by atoms with Crippen molar-refractivity contribution in [3.63, 3.8) is 0 Å². The van der Waals surface area contributed by atoms with Gasteiger partial charge in [-0.3, -0.25) is 0 Å². The van der Waals surface area contributed by atoms with Gasteiger partial charge in [0.1, 0.15) is 12.4 Å². The van der Waals surface area contributed by atoms with Crippen molar-refractivity contribution in [2.24, 2.45) is 12.5 Å². The first kappa shape index (κ1) is 9.87. The molecule has 2 aliphatic rings. The molecule has 1 spiro atoms. The van der Waals surface area contributed by atoms with Crippen LogP contribution in [-0.4, -0.2) is 28.6 Å². The number of carbonyl (C=O) groups is 1. The van der Waals surface area contributed by atoms with Gasteiger partial charge in [0.2, 0.25) is 0 Å². The predicted molar refractivity (Wildman–Crippen MR) is 58.9 cm³/mol. The number of carbonyl (C=O) groups excluding carboxylic acids is 1. The summed E-state index contributed by atoms with van der Waals surface area (Å²) in [6.07, 6.45) is 10.7. The number of aryl methyl sites for hydroxylation is 1. The Bertz CT molecular complexity index is 420. The van der Waals surface area contributed by atoms with Gasteiger partial charge in [-0.1, -0.05) is 6.42 Å². The summed E-state index contributed by atoms with van der Waals surface area (Å²) in [6, 6.07) is 0.129. The quantitative estimate of drug-likeness (QED) is 0.603. The Morgan fingerprint density at radius 1 is 1.38 bits per heavy atom. The maximum atomic E-state index is 12.2. The van der Waals surface area contributed by atoms with Gasteiger partial charge in [-0.15, -0.1) is 0 Å². The average Bonchev–Trinajstić information content (AvgIpc) is 2.81. The van der Waals surface area contributed by atoms with E-state index in [1.807, 2.05) is 35.2 Å². The van der Waals surface area contributed by atoms with Gasteiger partial charge in [0.25, 0.3) is 6.33 Å². The second-order valence-electron chi connectivity index (χ2n) is 5.29. The zero-order valence-corrected chi connectivity index (χ0v) is 9.72. The number of aromatic nitrogens is 2. The van der Waals surface area contributed by atoms with Gasteiger partial charge in [0, 0.05) is 13.1 Å². The highest BCUT2D eigenvalue weighted by Gasteiger charge is 2.45. The maximum absolute atomic E-state index is 12.2. The molecule has 4 heteroatoms. The monoisotopic (exact) mass is 220 g/mol. The first-order valence-corrected chi connectivity index (χ1v) is 6.01. The van der Waals surface area contributed by atoms with E-state index < -0.39 is 0 Å². The van der Waals surface area contributed by atoms with Crippen LogP contribution in [0.25, 0.3) is 0 Å². The van der Waals surface area contributed by atoms with Crippen molar-refractivity contribution in [3.05, 3.63) is 18.7 Å². The van der Waals surface area contributed by atoms with E-state index in [4.69, 9.17) is 0 Å². The third-order valence-corrected chi connectivity index (χ3v) is 4.11. The molecule has 86 valence electrons. The van der Waals surface area contributed by atoms with Gasteiger partial charge in [-0.2, -0.15) is 4.57 Å². The standard InChI is InChI=1S/C12H18N3O/c1-13-7-8-15(10-13)11(16)14-6-5-12(9-14)3-2-4-12/h7-8,10H,2-6,9H2,1H3/q+1. The van der Waals surface area contributed by atoms with Crippen LogP contribution in [0.5, 0.6) is 0 Å². The van der Waals surface area contributed by atoms with Gasteiger partial charge in [-0.25, -0.2) is 9.36 Å². The fourth-order valence-electron chi connectivity index (χ4n) is 2.91. The summed E-state index contributed by atoms with van der Waals surface area (Å²) in [5.74, 6) is 0. The molecule has 0 bridgehead atoms. The van der Waals surface area contributed by atoms with Crippen LogP contribution in [0.4, 0.5) is 4.79 Å². The number of hydrogen-bond acceptors (Lipinski definition) is 1. The summed E-state index contributed by atoms with van der Waals surface area (Å²) in [5.41, 5.74) is 0.491. The number of amides is 1. The second-order valence-corrected chi connectivity index (χ2v) is 5.29. The van der Waals surface area contributed by atoms with Crippen LogP contribution in [0.2, 0.25) is 0 Å². The maximum Gasteiger partial charge on any atom is 0.415 e. The molecule has 0 atom stereocenters. The molecule has 1 aromatic rings. The molecule has 0 N–H and O–H groups in total. The van der Waals surface area contributed by atoms with Crippen LogP contribution in [0, 0.1) is 5.41 Å². The van der Waals surface area contributed by atoms with E-state index >= 15 is 0 Å². The first-order valence-electron chi connectivity index (χ1n) is 6.01. The molecule has 1 aromatic heterocycles. The lowest BCUT2D eigenvalue weighted by Crippen LogP contribution is -2.38. The molecule has 0 radical (unpaired) electrons. The molecule has 3 rings (SSSR count). The van der Waals surface area contributed by atoms with Crippen LogP contribution in [0.15, 0.2) is 18.7 Å². The number of imidazole rings is 1. The van der Waals surface area contributed by atoms with E-state index in [0.29, 0.717) is 5.41 Å². The van der Waals surface area contributed by atoms with Crippen molar-refractivity contribution < 1.29 is 9.36 Å². The zero-order valence-electron chi connectivity index (χ0n) is 9.72. The Morgan fingerprint density at radius 3 is 2.69 bits per heavy atom. The first-order chi connectivity index (χ1) is 7.69. The van der Waals surface area contributed by atoms with Gasteiger partial charge in [0.15, 0.2) is 0 Å². The van der Waals surface area contributed by atoms with Crippen LogP contribution < -0.4 is 4.57 Å². The Balaban J connectivity index is 1.72. The van der Waals surface area contributed by atoms with Crippen molar-refractivity contribution in [2.75, 3.05) is 13.1 Å². The second kappa shape index (κ2) is 3.34. The lowest BCUT2D eigenvalue weighted by atomic mass is 9.68. The van der Waals surface area contributed by atoms with E-state index in [-0.39, 0.29) is 6.03 Å². The summed E-state index contributed by atoms with van der Waals surface area (Å²) in [7, 11) is 1.93. The summed E-state index contributed by atoms with van der Waals surface area (Å²) < 4.78 is 3.57. The number of rotatable bonds is 0. The molecule has 2 heterocycles. The Morgan fingerprint density at radius 2 is 2.19 bits per heavy atom. The van der Waals surface area contributed by atoms with E-state index in [1.54, 1.807) is 4.57 Å². The van der Waals surface area contributed by atoms with Gasteiger partial charge in [-0.05, 0) is 24.7 Å². The third kappa shape index (κ3) is 1.44. The number of likely N-dealkylation sites (tertiary alicyclic amines) is 1. The van der Waals surface area contributed by atoms with Crippen molar-refractivity contribution in [2.45, 2.75) is 25.7 Å². The third-order valence-electron chi connectivity index (χ3n) is 4.11. The molecule has 0 aromatic carbocycles. The normalized spacial score (nSPS) is 22.4. The summed E-state index contributed by atoms with van der Waals surface area (Å²) in [6.45, 7) is 1.90. The fraction of sp³-hybridized carbons (Fsp3) is 0.667. The molecule has 1 saturated heterocycles. The van der Waals surface area contributed by atoms with Crippen molar-refractivity contribution in [3.8, 4) is 0 Å². The molecular weight excluding hydrogens is 202 g/mol. The minimum atomic E-state index is 0.129. The predicted octanol–water partition coefficient (Wildman–Crippen LogP) is 1.16. The molecule has 1 aliphatic carbocycles. The lowest BCUT2D eigenvalue weighted by molar-refractivity contribution is -0.670. The SMILES string of the molecule is C[n+]1ccn(C(=O)N2CCC3(CCC3)C2)c1. The van der Waals surface area contributed by atoms with Crippen LogP contribution in [-0.2, 0) is 7.05 Å². The highest BCUT2D eigenvalue weighted by Crippen LogP contribution is 2.47. The van der Waals surface area contributed by atoms with E-state index in [9.17, 15) is 4.79 Å². The van der Waals surface area contributed by atoms with Crippen LogP contribution >= 0.6 is 0 Å². The molecule has 1 saturated carbocycles. The molecular formula is C12H18N3O+. The zero-order chi connectivity index (χ0) is 11.2. The van der Waals surface area contributed by atoms with Gasteiger partial charge >= 0.3 is 6.03 Å². The van der Waals surface area contributed by atoms with E-state index in [2.05, 4.69) is 0 Å². The van der Waals surface area contributed by atoms with Crippen molar-refractivity contribution in [1.82, 2.24) is 9.47 Å². The van der Waals surface area contributed by atoms with Crippen LogP contribution in [0.1, 0.15) is 25.7 Å². The Labute approximate surface area is 95.5 Å². The molecule has 0 unspecified atom stereocenters. The van der Waals surface area contributed by atoms with Gasteiger partial charge < -0.3 is 4.90 Å². The summed E-state index contributed by atoms with van der Waals surface area (Å²) in [5, 5.41) is 0. The minimum absolute atomic E-state index is 0.129. The van der Waals surface area contributed by atoms with Gasteiger partial charge in [0.05, 0.1) is 7.05 Å². The number of nitrogens with zero attached hydrogens (tertiary/aromatic N) is 3. The highest BCUT2D eigenvalue weighted by molar-refractivity contribution is 5.76. The Kier molecular flexibility index (Phi) is 2.06. The summed E-state index contributed by atoms with van der Waals surface area (Å²) in [4.78, 5) is 14.2. The molecule has 16 heavy (non-hydrogen) atoms. The van der Waals surface area contributed by atoms with Crippen molar-refractivity contribution in [1.29, 1.82) is 0 Å². The highest BCUT2D eigenvalue weighted by atomic mass is 16.2. The fourth-order valence-corrected chi connectivity index (χ4v) is 2.91. The molecule has 2 fully saturated rings. The lowest BCUT2D eigenvalue weighted by Gasteiger charge is -2.37. The minimum Gasteiger partial charge on any atom is -0.304 e. The molecule has 1 amide bonds. The van der Waals surface area contributed by atoms with Crippen LogP contribution in [0.3, 0.4) is 0 Å². The molecule has 4 nitrogen and oxygen atoms in total. The molecule has 1 aliphatic heterocycles. The average molecular weight is 220 g/mol. The summed E-state index contributed by atoms with van der Waals surface area (Å²) >= 11 is 0. The van der Waals surface area contributed by atoms with E-state index in [1.165, 1.54) is 25.7 Å². The topological polar surface area (TPSA) is 29.1 Å². The van der Waals surface area contributed by atoms with E-state index in [0.717, 1.165) is 13.1 Å². The smallest absolute Gasteiger partial charge is 0.304 e. The van der Waals surface area contributed by atoms with Crippen molar-refractivity contribution >= 4 is 6.03 Å². The Hall–Kier alpha value is -1.32.